The molecule has 7 heteroatoms. The molecule has 13 heavy (non-hydrogen) atoms. The Morgan fingerprint density at radius 3 is 1.46 bits per heavy atom. The lowest BCUT2D eigenvalue weighted by Gasteiger charge is -1.88. The van der Waals surface area contributed by atoms with Gasteiger partial charge in [-0.05, 0) is 12.1 Å². The summed E-state index contributed by atoms with van der Waals surface area (Å²) in [6.45, 7) is 0. The monoisotopic (exact) mass is 262 g/mol. The average Bonchev–Trinajstić information content (AvgIpc) is 1.92. The first kappa shape index (κ1) is 13.0. The summed E-state index contributed by atoms with van der Waals surface area (Å²) >= 11 is 11.2. The fourth-order valence-electron chi connectivity index (χ4n) is 0.439. The van der Waals surface area contributed by atoms with Crippen molar-refractivity contribution in [3.63, 3.8) is 0 Å². The third kappa shape index (κ3) is 9.92. The van der Waals surface area contributed by atoms with Crippen LogP contribution < -0.4 is 0 Å². The molecule has 1 aromatic rings. The van der Waals surface area contributed by atoms with Crippen molar-refractivity contribution in [2.24, 2.45) is 0 Å². The SMILES string of the molecule is Clc1ccccc1Cl.O=S(=O)(O)Cl. The molecule has 0 atom stereocenters. The summed E-state index contributed by atoms with van der Waals surface area (Å²) < 4.78 is 25.2. The molecule has 3 nitrogen and oxygen atoms in total. The maximum Gasteiger partial charge on any atom is 0.353 e. The van der Waals surface area contributed by atoms with E-state index in [4.69, 9.17) is 36.2 Å². The van der Waals surface area contributed by atoms with Crippen molar-refractivity contribution >= 4 is 43.2 Å². The Hall–Kier alpha value is -0.000000000000000111. The molecule has 0 fully saturated rings. The highest BCUT2D eigenvalue weighted by molar-refractivity contribution is 8.09. The third-order valence-electron chi connectivity index (χ3n) is 0.824. The molecule has 0 saturated heterocycles. The van der Waals surface area contributed by atoms with Crippen molar-refractivity contribution in [1.82, 2.24) is 0 Å². The summed E-state index contributed by atoms with van der Waals surface area (Å²) in [5.41, 5.74) is 0. The van der Waals surface area contributed by atoms with Crippen molar-refractivity contribution in [3.05, 3.63) is 34.3 Å². The van der Waals surface area contributed by atoms with Gasteiger partial charge in [0.1, 0.15) is 0 Å². The Kier molecular flexibility index (Phi) is 5.67. The Balaban J connectivity index is 0.000000252. The molecule has 0 aliphatic heterocycles. The van der Waals surface area contributed by atoms with Crippen molar-refractivity contribution < 1.29 is 13.0 Å². The maximum absolute atomic E-state index is 8.95. The molecule has 1 rings (SSSR count). The first-order valence-corrected chi connectivity index (χ1v) is 5.90. The maximum atomic E-state index is 8.95. The normalized spacial score (nSPS) is 10.2. The highest BCUT2D eigenvalue weighted by Crippen LogP contribution is 2.19. The van der Waals surface area contributed by atoms with Crippen molar-refractivity contribution in [1.29, 1.82) is 0 Å². The van der Waals surface area contributed by atoms with Crippen LogP contribution in [-0.2, 0) is 9.33 Å². The Morgan fingerprint density at radius 1 is 1.08 bits per heavy atom. The first-order chi connectivity index (χ1) is 5.80. The lowest BCUT2D eigenvalue weighted by molar-refractivity contribution is 0.501. The zero-order valence-corrected chi connectivity index (χ0v) is 9.20. The van der Waals surface area contributed by atoms with E-state index in [0.717, 1.165) is 0 Å². The topological polar surface area (TPSA) is 54.4 Å². The molecule has 0 spiro atoms. The summed E-state index contributed by atoms with van der Waals surface area (Å²) in [5.74, 6) is 0. The van der Waals surface area contributed by atoms with E-state index in [9.17, 15) is 0 Å². The van der Waals surface area contributed by atoms with Gasteiger partial charge in [-0.3, -0.25) is 4.55 Å². The van der Waals surface area contributed by atoms with Crippen LogP contribution in [0.1, 0.15) is 0 Å². The Morgan fingerprint density at radius 2 is 1.31 bits per heavy atom. The molecule has 0 unspecified atom stereocenters. The molecule has 0 radical (unpaired) electrons. The summed E-state index contributed by atoms with van der Waals surface area (Å²) in [4.78, 5) is 0. The van der Waals surface area contributed by atoms with E-state index in [1.807, 2.05) is 12.1 Å². The van der Waals surface area contributed by atoms with Gasteiger partial charge in [0.15, 0.2) is 0 Å². The van der Waals surface area contributed by atoms with E-state index in [1.165, 1.54) is 0 Å². The summed E-state index contributed by atoms with van der Waals surface area (Å²) in [5, 5.41) is 1.21. The van der Waals surface area contributed by atoms with Crippen LogP contribution >= 0.6 is 33.9 Å². The fourth-order valence-corrected chi connectivity index (χ4v) is 0.711. The molecular weight excluding hydrogens is 258 g/mol. The zero-order valence-electron chi connectivity index (χ0n) is 6.12. The molecule has 0 bridgehead atoms. The van der Waals surface area contributed by atoms with E-state index in [0.29, 0.717) is 10.0 Å². The molecule has 74 valence electrons. The number of rotatable bonds is 0. The van der Waals surface area contributed by atoms with E-state index in [2.05, 4.69) is 10.7 Å². The van der Waals surface area contributed by atoms with E-state index >= 15 is 0 Å². The van der Waals surface area contributed by atoms with Gasteiger partial charge >= 0.3 is 9.33 Å². The van der Waals surface area contributed by atoms with Crippen molar-refractivity contribution in [2.45, 2.75) is 0 Å². The van der Waals surface area contributed by atoms with Crippen LogP contribution in [0.15, 0.2) is 24.3 Å². The Labute approximate surface area is 90.5 Å². The molecule has 1 N–H and O–H groups in total. The van der Waals surface area contributed by atoms with Crippen molar-refractivity contribution in [3.8, 4) is 0 Å². The van der Waals surface area contributed by atoms with Gasteiger partial charge in [0.05, 0.1) is 10.0 Å². The third-order valence-corrected chi connectivity index (χ3v) is 1.58. The smallest absolute Gasteiger partial charge is 0.273 e. The number of hydrogen-bond donors (Lipinski definition) is 1. The van der Waals surface area contributed by atoms with Crippen LogP contribution in [0.4, 0.5) is 0 Å². The van der Waals surface area contributed by atoms with Gasteiger partial charge in [-0.15, -0.1) is 0 Å². The molecule has 0 saturated carbocycles. The van der Waals surface area contributed by atoms with Crippen LogP contribution in [0.3, 0.4) is 0 Å². The fraction of sp³-hybridized carbons (Fsp3) is 0. The summed E-state index contributed by atoms with van der Waals surface area (Å²) in [6.07, 6.45) is 0. The standard InChI is InChI=1S/C6H4Cl2.ClHO3S/c7-5-3-1-2-4-6(5)8;1-5(2,3)4/h1-4H;(H,2,3,4). The van der Waals surface area contributed by atoms with Gasteiger partial charge in [0.25, 0.3) is 0 Å². The molecule has 0 aliphatic carbocycles. The van der Waals surface area contributed by atoms with E-state index < -0.39 is 9.33 Å². The minimum Gasteiger partial charge on any atom is -0.273 e. The van der Waals surface area contributed by atoms with E-state index in [1.54, 1.807) is 12.1 Å². The van der Waals surface area contributed by atoms with Gasteiger partial charge in [-0.25, -0.2) is 0 Å². The molecule has 0 aliphatic rings. The minimum atomic E-state index is -4.19. The molecule has 0 amide bonds. The summed E-state index contributed by atoms with van der Waals surface area (Å²) in [6, 6.07) is 7.19. The quantitative estimate of drug-likeness (QED) is 0.578. The number of hydrogen-bond acceptors (Lipinski definition) is 2. The van der Waals surface area contributed by atoms with Gasteiger partial charge in [0.2, 0.25) is 0 Å². The van der Waals surface area contributed by atoms with Gasteiger partial charge in [-0.2, -0.15) is 8.42 Å². The van der Waals surface area contributed by atoms with Crippen LogP contribution in [0, 0.1) is 0 Å². The van der Waals surface area contributed by atoms with Crippen LogP contribution in [0.2, 0.25) is 10.0 Å². The van der Waals surface area contributed by atoms with Gasteiger partial charge in [0, 0.05) is 10.7 Å². The van der Waals surface area contributed by atoms with Crippen LogP contribution in [0.25, 0.3) is 0 Å². The number of benzene rings is 1. The zero-order chi connectivity index (χ0) is 10.5. The molecule has 0 heterocycles. The van der Waals surface area contributed by atoms with E-state index in [-0.39, 0.29) is 0 Å². The Bertz CT molecular complexity index is 334. The van der Waals surface area contributed by atoms with Gasteiger partial charge < -0.3 is 0 Å². The van der Waals surface area contributed by atoms with Crippen LogP contribution in [-0.4, -0.2) is 13.0 Å². The number of halogens is 3. The minimum absolute atomic E-state index is 0.606. The van der Waals surface area contributed by atoms with Crippen molar-refractivity contribution in [2.75, 3.05) is 0 Å². The second-order valence-corrected chi connectivity index (χ2v) is 4.63. The van der Waals surface area contributed by atoms with Crippen LogP contribution in [0.5, 0.6) is 0 Å². The molecular formula is C6H5Cl3O3S. The highest BCUT2D eigenvalue weighted by atomic mass is 35.7. The average molecular weight is 264 g/mol. The largest absolute Gasteiger partial charge is 0.353 e. The first-order valence-electron chi connectivity index (χ1n) is 2.88. The lowest BCUT2D eigenvalue weighted by atomic mass is 10.4. The summed E-state index contributed by atoms with van der Waals surface area (Å²) in [7, 11) is -0.137. The predicted molar refractivity (Wildman–Crippen MR) is 53.9 cm³/mol. The molecule has 0 aromatic heterocycles. The predicted octanol–water partition coefficient (Wildman–Crippen LogP) is 3.02. The second kappa shape index (κ2) is 5.67. The second-order valence-electron chi connectivity index (χ2n) is 1.83. The van der Waals surface area contributed by atoms with Gasteiger partial charge in [-0.1, -0.05) is 35.3 Å². The lowest BCUT2D eigenvalue weighted by Crippen LogP contribution is -1.77. The highest BCUT2D eigenvalue weighted by Gasteiger charge is 1.89. The molecule has 1 aromatic carbocycles.